The van der Waals surface area contributed by atoms with Crippen molar-refractivity contribution in [3.63, 3.8) is 0 Å². The van der Waals surface area contributed by atoms with Gasteiger partial charge in [-0.2, -0.15) is 0 Å². The molecular formula is C22H29N3O4. The van der Waals surface area contributed by atoms with Crippen LogP contribution in [0.2, 0.25) is 0 Å². The molecule has 0 bridgehead atoms. The molecule has 1 saturated carbocycles. The molecule has 7 nitrogen and oxygen atoms in total. The number of amides is 1. The fraction of sp³-hybridized carbons (Fsp3) is 0.545. The highest BCUT2D eigenvalue weighted by Crippen LogP contribution is 2.35. The van der Waals surface area contributed by atoms with Crippen molar-refractivity contribution in [1.82, 2.24) is 10.1 Å². The molecule has 0 atom stereocenters. The summed E-state index contributed by atoms with van der Waals surface area (Å²) in [7, 11) is 1.56. The van der Waals surface area contributed by atoms with E-state index in [1.807, 2.05) is 17.0 Å². The van der Waals surface area contributed by atoms with Gasteiger partial charge in [0.05, 0.1) is 25.3 Å². The Balaban J connectivity index is 1.69. The summed E-state index contributed by atoms with van der Waals surface area (Å²) in [5.41, 5.74) is 3.94. The van der Waals surface area contributed by atoms with Gasteiger partial charge in [0, 0.05) is 32.3 Å². The van der Waals surface area contributed by atoms with Gasteiger partial charge in [0.1, 0.15) is 12.3 Å². The van der Waals surface area contributed by atoms with Crippen LogP contribution in [-0.4, -0.2) is 62.5 Å². The quantitative estimate of drug-likeness (QED) is 0.680. The lowest BCUT2D eigenvalue weighted by molar-refractivity contribution is -0.136. The average Bonchev–Trinajstić information content (AvgIpc) is 3.45. The predicted molar refractivity (Wildman–Crippen MR) is 110 cm³/mol. The molecule has 0 radical (unpaired) electrons. The van der Waals surface area contributed by atoms with Crippen LogP contribution in [0.1, 0.15) is 24.0 Å². The van der Waals surface area contributed by atoms with Crippen molar-refractivity contribution < 1.29 is 18.8 Å². The highest BCUT2D eigenvalue weighted by atomic mass is 16.5. The summed E-state index contributed by atoms with van der Waals surface area (Å²) in [6, 6.07) is 8.23. The second-order valence-electron chi connectivity index (χ2n) is 7.93. The first-order valence-corrected chi connectivity index (χ1v) is 10.3. The number of hydrogen-bond acceptors (Lipinski definition) is 6. The third kappa shape index (κ3) is 4.79. The van der Waals surface area contributed by atoms with Crippen LogP contribution in [0.25, 0.3) is 11.3 Å². The van der Waals surface area contributed by atoms with Gasteiger partial charge in [-0.25, -0.2) is 0 Å². The van der Waals surface area contributed by atoms with Crippen LogP contribution in [0, 0.1) is 12.8 Å². The lowest BCUT2D eigenvalue weighted by Gasteiger charge is -2.28. The van der Waals surface area contributed by atoms with E-state index in [-0.39, 0.29) is 12.5 Å². The normalized spacial score (nSPS) is 16.8. The summed E-state index contributed by atoms with van der Waals surface area (Å²) in [6.07, 6.45) is 2.36. The number of methoxy groups -OCH3 is 1. The van der Waals surface area contributed by atoms with Crippen molar-refractivity contribution in [3.8, 4) is 11.3 Å². The Morgan fingerprint density at radius 2 is 2.10 bits per heavy atom. The number of benzene rings is 1. The van der Waals surface area contributed by atoms with Gasteiger partial charge < -0.3 is 23.8 Å². The molecule has 0 N–H and O–H groups in total. The highest BCUT2D eigenvalue weighted by molar-refractivity contribution is 5.78. The van der Waals surface area contributed by atoms with Crippen LogP contribution in [0.15, 0.2) is 28.8 Å². The van der Waals surface area contributed by atoms with Crippen LogP contribution in [0.5, 0.6) is 0 Å². The van der Waals surface area contributed by atoms with Crippen LogP contribution >= 0.6 is 0 Å². The van der Waals surface area contributed by atoms with Gasteiger partial charge in [-0.05, 0) is 31.7 Å². The molecule has 0 spiro atoms. The third-order valence-electron chi connectivity index (χ3n) is 5.50. The first kappa shape index (κ1) is 19.9. The lowest BCUT2D eigenvalue weighted by atomic mass is 10.0. The first-order valence-electron chi connectivity index (χ1n) is 10.3. The van der Waals surface area contributed by atoms with Crippen LogP contribution in [0.3, 0.4) is 0 Å². The minimum absolute atomic E-state index is 0.00344. The van der Waals surface area contributed by atoms with Crippen molar-refractivity contribution >= 4 is 11.8 Å². The van der Waals surface area contributed by atoms with Crippen molar-refractivity contribution in [2.24, 2.45) is 5.92 Å². The number of hydrogen-bond donors (Lipinski definition) is 0. The van der Waals surface area contributed by atoms with E-state index < -0.39 is 0 Å². The number of ether oxygens (including phenoxy) is 2. The van der Waals surface area contributed by atoms with Gasteiger partial charge in [0.15, 0.2) is 0 Å². The van der Waals surface area contributed by atoms with Gasteiger partial charge in [-0.1, -0.05) is 28.9 Å². The standard InChI is InChI=1S/C22H29N3O4/c1-16-4-3-5-18(12-16)21-19(22(29-23-21)24-8-10-28-11-9-24)14-25(13-17-6-7-17)20(26)15-27-2/h3-5,12,17H,6-11,13-15H2,1-2H3. The maximum Gasteiger partial charge on any atom is 0.248 e. The predicted octanol–water partition coefficient (Wildman–Crippen LogP) is 2.87. The van der Waals surface area contributed by atoms with E-state index in [0.29, 0.717) is 25.7 Å². The van der Waals surface area contributed by atoms with Gasteiger partial charge >= 0.3 is 0 Å². The number of rotatable bonds is 8. The maximum atomic E-state index is 12.7. The summed E-state index contributed by atoms with van der Waals surface area (Å²) in [6.45, 7) is 6.20. The summed E-state index contributed by atoms with van der Waals surface area (Å²) in [5.74, 6) is 1.34. The van der Waals surface area contributed by atoms with Gasteiger partial charge in [0.2, 0.25) is 11.8 Å². The van der Waals surface area contributed by atoms with Crippen molar-refractivity contribution in [1.29, 1.82) is 0 Å². The topological polar surface area (TPSA) is 68.0 Å². The molecule has 0 unspecified atom stereocenters. The molecule has 7 heteroatoms. The van der Waals surface area contributed by atoms with E-state index in [1.54, 1.807) is 7.11 Å². The molecule has 1 saturated heterocycles. The third-order valence-corrected chi connectivity index (χ3v) is 5.50. The summed E-state index contributed by atoms with van der Waals surface area (Å²) >= 11 is 0. The second kappa shape index (κ2) is 8.97. The SMILES string of the molecule is COCC(=O)N(Cc1c(-c2cccc(C)c2)noc1N1CCOCC1)CC1CC1. The smallest absolute Gasteiger partial charge is 0.248 e. The molecule has 2 aromatic rings. The number of morpholine rings is 1. The van der Waals surface area contributed by atoms with Gasteiger partial charge in [-0.3, -0.25) is 4.79 Å². The molecule has 156 valence electrons. The Morgan fingerprint density at radius 3 is 2.79 bits per heavy atom. The minimum Gasteiger partial charge on any atom is -0.378 e. The van der Waals surface area contributed by atoms with Crippen LogP contribution in [-0.2, 0) is 20.8 Å². The van der Waals surface area contributed by atoms with Crippen LogP contribution < -0.4 is 4.90 Å². The molecule has 1 aromatic carbocycles. The van der Waals surface area contributed by atoms with Crippen LogP contribution in [0.4, 0.5) is 5.88 Å². The number of nitrogens with zero attached hydrogens (tertiary/aromatic N) is 3. The molecule has 1 aromatic heterocycles. The number of carbonyl (C=O) groups excluding carboxylic acids is 1. The zero-order valence-electron chi connectivity index (χ0n) is 17.2. The summed E-state index contributed by atoms with van der Waals surface area (Å²) in [5, 5.41) is 4.43. The molecule has 29 heavy (non-hydrogen) atoms. The molecule has 2 aliphatic rings. The fourth-order valence-corrected chi connectivity index (χ4v) is 3.75. The molecule has 1 aliphatic carbocycles. The number of aromatic nitrogens is 1. The Hall–Kier alpha value is -2.38. The fourth-order valence-electron chi connectivity index (χ4n) is 3.75. The first-order chi connectivity index (χ1) is 14.2. The molecule has 1 aliphatic heterocycles. The van der Waals surface area contributed by atoms with E-state index in [9.17, 15) is 4.79 Å². The molecule has 4 rings (SSSR count). The maximum absolute atomic E-state index is 12.7. The van der Waals surface area contributed by atoms with Gasteiger partial charge in [-0.15, -0.1) is 0 Å². The zero-order chi connectivity index (χ0) is 20.2. The molecular weight excluding hydrogens is 370 g/mol. The minimum atomic E-state index is 0.00344. The molecule has 2 heterocycles. The highest BCUT2D eigenvalue weighted by Gasteiger charge is 2.31. The van der Waals surface area contributed by atoms with E-state index >= 15 is 0 Å². The van der Waals surface area contributed by atoms with Crippen molar-refractivity contribution in [2.45, 2.75) is 26.3 Å². The van der Waals surface area contributed by atoms with E-state index in [2.05, 4.69) is 29.1 Å². The summed E-state index contributed by atoms with van der Waals surface area (Å²) in [4.78, 5) is 16.8. The average molecular weight is 399 g/mol. The Labute approximate surface area is 171 Å². The van der Waals surface area contributed by atoms with Gasteiger partial charge in [0.25, 0.3) is 0 Å². The Kier molecular flexibility index (Phi) is 6.16. The van der Waals surface area contributed by atoms with E-state index in [1.165, 1.54) is 12.8 Å². The zero-order valence-corrected chi connectivity index (χ0v) is 17.2. The second-order valence-corrected chi connectivity index (χ2v) is 7.93. The lowest BCUT2D eigenvalue weighted by Crippen LogP contribution is -2.38. The van der Waals surface area contributed by atoms with E-state index in [0.717, 1.165) is 47.9 Å². The number of aryl methyl sites for hydroxylation is 1. The monoisotopic (exact) mass is 399 g/mol. The largest absolute Gasteiger partial charge is 0.378 e. The van der Waals surface area contributed by atoms with E-state index in [4.69, 9.17) is 14.0 Å². The summed E-state index contributed by atoms with van der Waals surface area (Å²) < 4.78 is 16.5. The number of anilines is 1. The number of carbonyl (C=O) groups is 1. The van der Waals surface area contributed by atoms with Crippen molar-refractivity contribution in [2.75, 3.05) is 51.5 Å². The molecule has 2 fully saturated rings. The Morgan fingerprint density at radius 1 is 1.31 bits per heavy atom. The Bertz CT molecular complexity index is 840. The van der Waals surface area contributed by atoms with Crippen molar-refractivity contribution in [3.05, 3.63) is 35.4 Å². The molecule has 1 amide bonds.